The van der Waals surface area contributed by atoms with Gasteiger partial charge in [-0.1, -0.05) is 30.3 Å². The molecule has 1 aromatic heterocycles. The van der Waals surface area contributed by atoms with Crippen molar-refractivity contribution in [2.24, 2.45) is 0 Å². The second-order valence-corrected chi connectivity index (χ2v) is 9.97. The number of nitrogens with zero attached hydrogens (tertiary/aromatic N) is 3. The Morgan fingerprint density at radius 2 is 1.91 bits per heavy atom. The van der Waals surface area contributed by atoms with E-state index in [-0.39, 0.29) is 23.5 Å². The first-order chi connectivity index (χ1) is 15.9. The molecule has 1 atom stereocenters. The highest BCUT2D eigenvalue weighted by Gasteiger charge is 2.21. The summed E-state index contributed by atoms with van der Waals surface area (Å²) in [6.45, 7) is 1.99. The van der Waals surface area contributed by atoms with Crippen molar-refractivity contribution < 1.29 is 17.9 Å². The first-order valence-electron chi connectivity index (χ1n) is 10.9. The maximum atomic E-state index is 12.8. The van der Waals surface area contributed by atoms with Crippen LogP contribution in [0.1, 0.15) is 34.3 Å². The highest BCUT2D eigenvalue weighted by molar-refractivity contribution is 7.89. The van der Waals surface area contributed by atoms with Gasteiger partial charge in [-0.15, -0.1) is 0 Å². The van der Waals surface area contributed by atoms with Gasteiger partial charge in [0.05, 0.1) is 23.7 Å². The van der Waals surface area contributed by atoms with Crippen LogP contribution in [0.4, 0.5) is 0 Å². The molecule has 0 bridgehead atoms. The average molecular weight is 469 g/mol. The number of nitrogens with one attached hydrogen (secondary N) is 1. The highest BCUT2D eigenvalue weighted by Crippen LogP contribution is 2.15. The van der Waals surface area contributed by atoms with Gasteiger partial charge < -0.3 is 9.64 Å². The van der Waals surface area contributed by atoms with Crippen molar-refractivity contribution >= 4 is 15.9 Å². The molecule has 1 fully saturated rings. The minimum atomic E-state index is -3.65. The highest BCUT2D eigenvalue weighted by atomic mass is 32.2. The quantitative estimate of drug-likeness (QED) is 0.521. The van der Waals surface area contributed by atoms with Crippen molar-refractivity contribution in [1.29, 1.82) is 0 Å². The Hall–Kier alpha value is -3.01. The van der Waals surface area contributed by atoms with E-state index in [1.807, 2.05) is 41.2 Å². The van der Waals surface area contributed by atoms with E-state index in [1.54, 1.807) is 18.1 Å². The summed E-state index contributed by atoms with van der Waals surface area (Å²) in [6.07, 6.45) is 5.40. The summed E-state index contributed by atoms with van der Waals surface area (Å²) < 4.78 is 34.9. The van der Waals surface area contributed by atoms with Crippen LogP contribution in [0.3, 0.4) is 0 Å². The van der Waals surface area contributed by atoms with E-state index < -0.39 is 10.0 Å². The molecule has 8 nitrogen and oxygen atoms in total. The number of benzene rings is 2. The number of aromatic nitrogens is 2. The Morgan fingerprint density at radius 3 is 2.61 bits per heavy atom. The lowest BCUT2D eigenvalue weighted by atomic mass is 10.2. The third-order valence-corrected chi connectivity index (χ3v) is 7.02. The molecule has 174 valence electrons. The molecule has 1 aliphatic heterocycles. The van der Waals surface area contributed by atoms with Crippen molar-refractivity contribution in [3.05, 3.63) is 83.7 Å². The molecular weight excluding hydrogens is 440 g/mol. The molecule has 9 heteroatoms. The molecule has 0 aliphatic carbocycles. The summed E-state index contributed by atoms with van der Waals surface area (Å²) in [4.78, 5) is 14.5. The predicted octanol–water partition coefficient (Wildman–Crippen LogP) is 2.66. The number of ether oxygens (including phenoxy) is 1. The average Bonchev–Trinajstić information content (AvgIpc) is 3.50. The van der Waals surface area contributed by atoms with Gasteiger partial charge in [0.25, 0.3) is 5.91 Å². The monoisotopic (exact) mass is 468 g/mol. The second kappa shape index (κ2) is 10.3. The van der Waals surface area contributed by atoms with Crippen molar-refractivity contribution in [1.82, 2.24) is 19.4 Å². The predicted molar refractivity (Wildman–Crippen MR) is 124 cm³/mol. The van der Waals surface area contributed by atoms with Crippen molar-refractivity contribution in [3.63, 3.8) is 0 Å². The summed E-state index contributed by atoms with van der Waals surface area (Å²) in [5.41, 5.74) is 2.49. The zero-order valence-corrected chi connectivity index (χ0v) is 19.4. The fourth-order valence-corrected chi connectivity index (χ4v) is 4.85. The van der Waals surface area contributed by atoms with E-state index in [0.29, 0.717) is 25.3 Å². The molecule has 0 radical (unpaired) electrons. The van der Waals surface area contributed by atoms with Crippen LogP contribution in [0, 0.1) is 0 Å². The number of carbonyl (C=O) groups is 1. The van der Waals surface area contributed by atoms with E-state index in [2.05, 4.69) is 9.82 Å². The maximum Gasteiger partial charge on any atom is 0.253 e. The number of carbonyl (C=O) groups excluding carboxylic acids is 1. The van der Waals surface area contributed by atoms with Crippen LogP contribution in [0.2, 0.25) is 0 Å². The van der Waals surface area contributed by atoms with Crippen LogP contribution in [0.5, 0.6) is 0 Å². The first kappa shape index (κ1) is 23.2. The molecular formula is C24H28N4O4S. The molecule has 1 amide bonds. The summed E-state index contributed by atoms with van der Waals surface area (Å²) >= 11 is 0. The van der Waals surface area contributed by atoms with E-state index in [4.69, 9.17) is 4.74 Å². The molecule has 1 saturated heterocycles. The van der Waals surface area contributed by atoms with E-state index in [1.165, 1.54) is 24.3 Å². The van der Waals surface area contributed by atoms with Gasteiger partial charge in [-0.25, -0.2) is 13.1 Å². The molecule has 1 N–H and O–H groups in total. The summed E-state index contributed by atoms with van der Waals surface area (Å²) in [7, 11) is -1.94. The Morgan fingerprint density at radius 1 is 1.15 bits per heavy atom. The molecule has 4 rings (SSSR count). The number of hydrogen-bond donors (Lipinski definition) is 1. The van der Waals surface area contributed by atoms with Gasteiger partial charge in [0.2, 0.25) is 10.0 Å². The van der Waals surface area contributed by atoms with Crippen LogP contribution in [0.25, 0.3) is 0 Å². The zero-order chi connectivity index (χ0) is 23.3. The van der Waals surface area contributed by atoms with E-state index in [9.17, 15) is 13.2 Å². The van der Waals surface area contributed by atoms with Gasteiger partial charge in [-0.05, 0) is 42.7 Å². The molecule has 33 heavy (non-hydrogen) atoms. The van der Waals surface area contributed by atoms with Crippen molar-refractivity contribution in [2.45, 2.75) is 36.9 Å². The smallest absolute Gasteiger partial charge is 0.253 e. The van der Waals surface area contributed by atoms with Crippen LogP contribution in [-0.4, -0.2) is 55.3 Å². The fraction of sp³-hybridized carbons (Fsp3) is 0.333. The molecule has 1 aliphatic rings. The zero-order valence-electron chi connectivity index (χ0n) is 18.6. The van der Waals surface area contributed by atoms with Gasteiger partial charge in [-0.2, -0.15) is 5.10 Å². The number of sulfonamides is 1. The van der Waals surface area contributed by atoms with Gasteiger partial charge in [0.15, 0.2) is 0 Å². The van der Waals surface area contributed by atoms with E-state index in [0.717, 1.165) is 24.0 Å². The van der Waals surface area contributed by atoms with Gasteiger partial charge in [-0.3, -0.25) is 9.48 Å². The SMILES string of the molecule is CN(Cc1cnn(Cc2ccccc2)c1)C(=O)c1ccc(S(=O)(=O)NCC2CCCO2)cc1. The maximum absolute atomic E-state index is 12.8. The first-order valence-corrected chi connectivity index (χ1v) is 12.4. The summed E-state index contributed by atoms with van der Waals surface area (Å²) in [5, 5.41) is 4.38. The van der Waals surface area contributed by atoms with E-state index >= 15 is 0 Å². The number of hydrogen-bond acceptors (Lipinski definition) is 5. The van der Waals surface area contributed by atoms with Crippen LogP contribution < -0.4 is 4.72 Å². The fourth-order valence-electron chi connectivity index (χ4n) is 3.78. The van der Waals surface area contributed by atoms with Crippen LogP contribution in [0.15, 0.2) is 71.9 Å². The second-order valence-electron chi connectivity index (χ2n) is 8.20. The largest absolute Gasteiger partial charge is 0.377 e. The number of amides is 1. The Labute approximate surface area is 194 Å². The van der Waals surface area contributed by atoms with Gasteiger partial charge in [0.1, 0.15) is 0 Å². The lowest BCUT2D eigenvalue weighted by molar-refractivity contribution is 0.0785. The minimum Gasteiger partial charge on any atom is -0.377 e. The summed E-state index contributed by atoms with van der Waals surface area (Å²) in [6, 6.07) is 16.0. The van der Waals surface area contributed by atoms with Crippen LogP contribution in [-0.2, 0) is 27.8 Å². The normalized spacial score (nSPS) is 16.1. The Bertz CT molecular complexity index is 1170. The number of rotatable bonds is 9. The third-order valence-electron chi connectivity index (χ3n) is 5.58. The minimum absolute atomic E-state index is 0.0775. The third kappa shape index (κ3) is 6.07. The standard InChI is InChI=1S/C24H28N4O4S/c1-27(16-20-14-25-28(18-20)17-19-6-3-2-4-7-19)24(29)21-9-11-23(12-10-21)33(30,31)26-15-22-8-5-13-32-22/h2-4,6-7,9-12,14,18,22,26H,5,8,13,15-17H2,1H3. The molecule has 3 aromatic rings. The lowest BCUT2D eigenvalue weighted by Gasteiger charge is -2.16. The van der Waals surface area contributed by atoms with Crippen molar-refractivity contribution in [2.75, 3.05) is 20.2 Å². The topological polar surface area (TPSA) is 93.5 Å². The molecule has 1 unspecified atom stereocenters. The molecule has 0 spiro atoms. The van der Waals surface area contributed by atoms with Crippen molar-refractivity contribution in [3.8, 4) is 0 Å². The summed E-state index contributed by atoms with van der Waals surface area (Å²) in [5.74, 6) is -0.193. The van der Waals surface area contributed by atoms with Crippen LogP contribution >= 0.6 is 0 Å². The lowest BCUT2D eigenvalue weighted by Crippen LogP contribution is -2.32. The molecule has 0 saturated carbocycles. The Balaban J connectivity index is 1.34. The molecule has 2 aromatic carbocycles. The van der Waals surface area contributed by atoms with Gasteiger partial charge >= 0.3 is 0 Å². The Kier molecular flexibility index (Phi) is 7.22. The molecule has 2 heterocycles. The van der Waals surface area contributed by atoms with Gasteiger partial charge in [0, 0.05) is 44.1 Å².